The third-order valence-corrected chi connectivity index (χ3v) is 4.30. The van der Waals surface area contributed by atoms with Crippen LogP contribution in [0.2, 0.25) is 0 Å². The summed E-state index contributed by atoms with van der Waals surface area (Å²) in [5, 5.41) is 6.32. The van der Waals surface area contributed by atoms with Crippen LogP contribution in [0.1, 0.15) is 28.6 Å². The van der Waals surface area contributed by atoms with Gasteiger partial charge < -0.3 is 19.3 Å². The molecule has 7 nitrogen and oxygen atoms in total. The second kappa shape index (κ2) is 9.05. The summed E-state index contributed by atoms with van der Waals surface area (Å²) in [5.74, 6) is 0.155. The monoisotopic (exact) mass is 394 g/mol. The van der Waals surface area contributed by atoms with Crippen molar-refractivity contribution in [2.75, 3.05) is 11.9 Å². The summed E-state index contributed by atoms with van der Waals surface area (Å²) in [7, 11) is 0. The number of aromatic nitrogens is 1. The Balaban J connectivity index is 1.68. The lowest BCUT2D eigenvalue weighted by molar-refractivity contribution is -0.156. The number of anilines is 1. The minimum absolute atomic E-state index is 0.246. The first kappa shape index (κ1) is 20.1. The molecule has 0 spiro atoms. The number of ether oxygens (including phenoxy) is 2. The Bertz CT molecular complexity index is 997. The number of carbonyl (C=O) groups is 2. The highest BCUT2D eigenvalue weighted by molar-refractivity contribution is 5.95. The Morgan fingerprint density at radius 3 is 2.45 bits per heavy atom. The van der Waals surface area contributed by atoms with Gasteiger partial charge in [-0.05, 0) is 44.0 Å². The fourth-order valence-corrected chi connectivity index (χ4v) is 2.63. The average Bonchev–Trinajstić information content (AvgIpc) is 3.12. The van der Waals surface area contributed by atoms with Crippen molar-refractivity contribution in [1.29, 1.82) is 0 Å². The molecule has 150 valence electrons. The number of nitrogens with zero attached hydrogens (tertiary/aromatic N) is 1. The molecule has 0 saturated heterocycles. The smallest absolute Gasteiger partial charge is 0.345 e. The maximum absolute atomic E-state index is 12.7. The van der Waals surface area contributed by atoms with Crippen LogP contribution in [0.3, 0.4) is 0 Å². The molecule has 0 aliphatic heterocycles. The first-order valence-corrected chi connectivity index (χ1v) is 9.11. The fourth-order valence-electron chi connectivity index (χ4n) is 2.63. The van der Waals surface area contributed by atoms with Gasteiger partial charge in [0.15, 0.2) is 12.4 Å². The van der Waals surface area contributed by atoms with E-state index in [0.29, 0.717) is 17.1 Å². The summed E-state index contributed by atoms with van der Waals surface area (Å²) in [5.41, 5.74) is 2.72. The Kier molecular flexibility index (Phi) is 6.29. The highest BCUT2D eigenvalue weighted by atomic mass is 16.6. The van der Waals surface area contributed by atoms with Gasteiger partial charge in [-0.25, -0.2) is 4.79 Å². The van der Waals surface area contributed by atoms with Crippen molar-refractivity contribution < 1.29 is 23.6 Å². The molecule has 0 bridgehead atoms. The molecule has 1 heterocycles. The second-order valence-corrected chi connectivity index (χ2v) is 6.63. The molecule has 29 heavy (non-hydrogen) atoms. The van der Waals surface area contributed by atoms with Crippen LogP contribution in [0.25, 0.3) is 0 Å². The van der Waals surface area contributed by atoms with Crippen LogP contribution < -0.4 is 10.1 Å². The zero-order valence-corrected chi connectivity index (χ0v) is 16.5. The lowest BCUT2D eigenvalue weighted by Gasteiger charge is -2.17. The van der Waals surface area contributed by atoms with Crippen molar-refractivity contribution in [1.82, 2.24) is 5.16 Å². The molecule has 7 heteroatoms. The van der Waals surface area contributed by atoms with E-state index in [1.165, 1.54) is 0 Å². The molecular weight excluding hydrogens is 372 g/mol. The van der Waals surface area contributed by atoms with Gasteiger partial charge in [0.1, 0.15) is 11.5 Å². The predicted octanol–water partition coefficient (Wildman–Crippen LogP) is 3.90. The Labute approximate surface area is 168 Å². The fraction of sp³-hybridized carbons (Fsp3) is 0.227. The van der Waals surface area contributed by atoms with Crippen molar-refractivity contribution >= 4 is 17.7 Å². The molecule has 1 N–H and O–H groups in total. The molecule has 1 amide bonds. The summed E-state index contributed by atoms with van der Waals surface area (Å²) in [6.07, 6.45) is -1.15. The molecule has 0 radical (unpaired) electrons. The maximum atomic E-state index is 12.7. The molecule has 0 saturated carbocycles. The molecule has 1 aromatic heterocycles. The van der Waals surface area contributed by atoms with E-state index < -0.39 is 18.0 Å². The zero-order valence-electron chi connectivity index (χ0n) is 16.5. The van der Waals surface area contributed by atoms with Gasteiger partial charge in [-0.3, -0.25) is 4.79 Å². The molecule has 0 aliphatic rings. The number of hydrogen-bond acceptors (Lipinski definition) is 6. The van der Waals surface area contributed by atoms with E-state index in [9.17, 15) is 9.59 Å². The molecule has 3 rings (SSSR count). The largest absolute Gasteiger partial charge is 0.482 e. The van der Waals surface area contributed by atoms with Crippen LogP contribution in [0.5, 0.6) is 5.75 Å². The Hall–Kier alpha value is -3.61. The Morgan fingerprint density at radius 1 is 1.03 bits per heavy atom. The van der Waals surface area contributed by atoms with Crippen molar-refractivity contribution in [3.8, 4) is 5.75 Å². The van der Waals surface area contributed by atoms with E-state index in [-0.39, 0.29) is 12.4 Å². The topological polar surface area (TPSA) is 90.7 Å². The normalized spacial score (nSPS) is 11.6. The number of nitrogens with one attached hydrogen (secondary N) is 1. The Morgan fingerprint density at radius 2 is 1.79 bits per heavy atom. The second-order valence-electron chi connectivity index (χ2n) is 6.63. The van der Waals surface area contributed by atoms with Crippen LogP contribution in [0.4, 0.5) is 5.82 Å². The first-order chi connectivity index (χ1) is 13.9. The van der Waals surface area contributed by atoms with E-state index in [1.807, 2.05) is 32.0 Å². The lowest BCUT2D eigenvalue weighted by Crippen LogP contribution is -2.28. The summed E-state index contributed by atoms with van der Waals surface area (Å²) >= 11 is 0. The van der Waals surface area contributed by atoms with Gasteiger partial charge in [0, 0.05) is 11.6 Å². The van der Waals surface area contributed by atoms with Gasteiger partial charge in [-0.15, -0.1) is 0 Å². The van der Waals surface area contributed by atoms with Crippen molar-refractivity contribution in [2.45, 2.75) is 26.9 Å². The molecule has 0 fully saturated rings. The van der Waals surface area contributed by atoms with Crippen molar-refractivity contribution in [3.05, 3.63) is 77.0 Å². The minimum Gasteiger partial charge on any atom is -0.482 e. The quantitative estimate of drug-likeness (QED) is 0.611. The number of benzene rings is 2. The van der Waals surface area contributed by atoms with E-state index in [0.717, 1.165) is 11.1 Å². The molecule has 0 aliphatic carbocycles. The van der Waals surface area contributed by atoms with E-state index in [4.69, 9.17) is 14.0 Å². The summed E-state index contributed by atoms with van der Waals surface area (Å²) in [6.45, 7) is 5.35. The van der Waals surface area contributed by atoms with Crippen LogP contribution in [-0.4, -0.2) is 23.6 Å². The number of hydrogen-bond donors (Lipinski definition) is 1. The molecule has 1 atom stereocenters. The molecule has 3 aromatic rings. The number of aryl methyl sites for hydroxylation is 3. The SMILES string of the molecule is Cc1cc(NC(=O)C(OC(=O)COc2ccc(C)c(C)c2)c2ccccc2)no1. The molecule has 1 unspecified atom stereocenters. The number of rotatable bonds is 7. The lowest BCUT2D eigenvalue weighted by atomic mass is 10.1. The highest BCUT2D eigenvalue weighted by Gasteiger charge is 2.26. The van der Waals surface area contributed by atoms with E-state index >= 15 is 0 Å². The molecule has 2 aromatic carbocycles. The third-order valence-electron chi connectivity index (χ3n) is 4.30. The summed E-state index contributed by atoms with van der Waals surface area (Å²) in [4.78, 5) is 25.1. The van der Waals surface area contributed by atoms with Gasteiger partial charge >= 0.3 is 5.97 Å². The molecular formula is C22H22N2O5. The van der Waals surface area contributed by atoms with Crippen molar-refractivity contribution in [2.24, 2.45) is 0 Å². The third kappa shape index (κ3) is 5.44. The van der Waals surface area contributed by atoms with E-state index in [1.54, 1.807) is 43.3 Å². The number of carbonyl (C=O) groups excluding carboxylic acids is 2. The van der Waals surface area contributed by atoms with Gasteiger partial charge in [0.25, 0.3) is 5.91 Å². The predicted molar refractivity (Wildman–Crippen MR) is 107 cm³/mol. The summed E-state index contributed by atoms with van der Waals surface area (Å²) in [6, 6.07) is 15.8. The van der Waals surface area contributed by atoms with Gasteiger partial charge in [0.05, 0.1) is 0 Å². The number of esters is 1. The summed E-state index contributed by atoms with van der Waals surface area (Å²) < 4.78 is 15.9. The van der Waals surface area contributed by atoms with Crippen LogP contribution in [-0.2, 0) is 14.3 Å². The zero-order chi connectivity index (χ0) is 20.8. The van der Waals surface area contributed by atoms with Crippen LogP contribution in [0, 0.1) is 20.8 Å². The van der Waals surface area contributed by atoms with Crippen molar-refractivity contribution in [3.63, 3.8) is 0 Å². The minimum atomic E-state index is -1.15. The highest BCUT2D eigenvalue weighted by Crippen LogP contribution is 2.21. The van der Waals surface area contributed by atoms with Gasteiger partial charge in [-0.1, -0.05) is 41.6 Å². The first-order valence-electron chi connectivity index (χ1n) is 9.11. The number of amides is 1. The van der Waals surface area contributed by atoms with Crippen LogP contribution >= 0.6 is 0 Å². The van der Waals surface area contributed by atoms with Gasteiger partial charge in [-0.2, -0.15) is 0 Å². The van der Waals surface area contributed by atoms with Crippen LogP contribution in [0.15, 0.2) is 59.1 Å². The maximum Gasteiger partial charge on any atom is 0.345 e. The van der Waals surface area contributed by atoms with E-state index in [2.05, 4.69) is 10.5 Å². The standard InChI is InChI=1S/C22H22N2O5/c1-14-9-10-18(11-15(14)2)27-13-20(25)28-21(17-7-5-4-6-8-17)22(26)23-19-12-16(3)29-24-19/h4-12,21H,13H2,1-3H3,(H,23,24,26). The average molecular weight is 394 g/mol. The van der Waals surface area contributed by atoms with Gasteiger partial charge in [0.2, 0.25) is 6.10 Å².